The van der Waals surface area contributed by atoms with E-state index in [-0.39, 0.29) is 0 Å². The minimum Gasteiger partial charge on any atom is -0.490 e. The Morgan fingerprint density at radius 1 is 1.28 bits per heavy atom. The molecule has 0 aromatic carbocycles. The molecule has 94 valence electrons. The van der Waals surface area contributed by atoms with Gasteiger partial charge in [-0.1, -0.05) is 0 Å². The van der Waals surface area contributed by atoms with Gasteiger partial charge in [-0.2, -0.15) is 0 Å². The van der Waals surface area contributed by atoms with E-state index in [1.807, 2.05) is 26.0 Å². The van der Waals surface area contributed by atoms with Gasteiger partial charge in [-0.25, -0.2) is 4.98 Å². The average Bonchev–Trinajstić information content (AvgIpc) is 2.40. The first-order valence-corrected chi connectivity index (χ1v) is 5.82. The molecule has 0 fully saturated rings. The van der Waals surface area contributed by atoms with E-state index in [1.165, 1.54) is 0 Å². The van der Waals surface area contributed by atoms with Gasteiger partial charge < -0.3 is 10.1 Å². The Bertz CT molecular complexity index is 502. The summed E-state index contributed by atoms with van der Waals surface area (Å²) in [7, 11) is 0. The van der Waals surface area contributed by atoms with Gasteiger partial charge in [0.15, 0.2) is 0 Å². The van der Waals surface area contributed by atoms with Crippen LogP contribution in [0, 0.1) is 13.8 Å². The lowest BCUT2D eigenvalue weighted by Gasteiger charge is -2.09. The van der Waals surface area contributed by atoms with Crippen molar-refractivity contribution in [3.8, 4) is 5.75 Å². The fourth-order valence-corrected chi connectivity index (χ4v) is 1.48. The highest BCUT2D eigenvalue weighted by atomic mass is 16.5. The summed E-state index contributed by atoms with van der Waals surface area (Å²) in [6, 6.07) is 3.73. The highest BCUT2D eigenvalue weighted by Gasteiger charge is 2.00. The lowest BCUT2D eigenvalue weighted by atomic mass is 10.4. The summed E-state index contributed by atoms with van der Waals surface area (Å²) in [4.78, 5) is 12.6. The van der Waals surface area contributed by atoms with Crippen molar-refractivity contribution in [2.45, 2.75) is 13.8 Å². The van der Waals surface area contributed by atoms with Crippen LogP contribution in [0.3, 0.4) is 0 Å². The maximum Gasteiger partial charge on any atom is 0.147 e. The number of anilines is 1. The number of aryl methyl sites for hydroxylation is 2. The maximum atomic E-state index is 5.52. The summed E-state index contributed by atoms with van der Waals surface area (Å²) in [5, 5.41) is 3.20. The van der Waals surface area contributed by atoms with E-state index in [2.05, 4.69) is 20.3 Å². The van der Waals surface area contributed by atoms with E-state index < -0.39 is 0 Å². The second-order valence-corrected chi connectivity index (χ2v) is 3.91. The number of aromatic nitrogens is 3. The van der Waals surface area contributed by atoms with Gasteiger partial charge in [0.25, 0.3) is 0 Å². The summed E-state index contributed by atoms with van der Waals surface area (Å²) < 4.78 is 5.52. The van der Waals surface area contributed by atoms with Crippen molar-refractivity contribution in [2.24, 2.45) is 0 Å². The molecule has 18 heavy (non-hydrogen) atoms. The first-order valence-electron chi connectivity index (χ1n) is 5.82. The molecule has 0 aliphatic heterocycles. The molecular formula is C13H16N4O. The van der Waals surface area contributed by atoms with Gasteiger partial charge in [0.05, 0.1) is 24.1 Å². The molecule has 5 heteroatoms. The highest BCUT2D eigenvalue weighted by molar-refractivity contribution is 5.39. The van der Waals surface area contributed by atoms with E-state index in [0.717, 1.165) is 23.0 Å². The molecule has 0 spiro atoms. The zero-order valence-corrected chi connectivity index (χ0v) is 10.6. The van der Waals surface area contributed by atoms with Crippen LogP contribution < -0.4 is 10.1 Å². The van der Waals surface area contributed by atoms with Crippen LogP contribution in [-0.2, 0) is 0 Å². The second-order valence-electron chi connectivity index (χ2n) is 3.91. The van der Waals surface area contributed by atoms with Gasteiger partial charge in [-0.15, -0.1) is 0 Å². The molecule has 0 saturated carbocycles. The number of ether oxygens (including phenoxy) is 1. The molecule has 0 saturated heterocycles. The lowest BCUT2D eigenvalue weighted by molar-refractivity contribution is 0.331. The maximum absolute atomic E-state index is 5.52. The van der Waals surface area contributed by atoms with Crippen LogP contribution >= 0.6 is 0 Å². The van der Waals surface area contributed by atoms with Crippen LogP contribution in [0.2, 0.25) is 0 Å². The predicted octanol–water partition coefficient (Wildman–Crippen LogP) is 1.98. The molecule has 5 nitrogen and oxygen atoms in total. The van der Waals surface area contributed by atoms with E-state index in [1.54, 1.807) is 18.6 Å². The van der Waals surface area contributed by atoms with Gasteiger partial charge in [-0.3, -0.25) is 9.97 Å². The largest absolute Gasteiger partial charge is 0.490 e. The van der Waals surface area contributed by atoms with Crippen LogP contribution in [0.4, 0.5) is 5.82 Å². The third-order valence-corrected chi connectivity index (χ3v) is 2.37. The normalized spacial score (nSPS) is 10.1. The van der Waals surface area contributed by atoms with Crippen LogP contribution in [0.25, 0.3) is 0 Å². The molecule has 0 aliphatic rings. The monoisotopic (exact) mass is 244 g/mol. The number of hydrogen-bond donors (Lipinski definition) is 1. The Kier molecular flexibility index (Phi) is 4.06. The van der Waals surface area contributed by atoms with Gasteiger partial charge in [0.1, 0.15) is 18.2 Å². The van der Waals surface area contributed by atoms with Gasteiger partial charge in [0.2, 0.25) is 0 Å². The Morgan fingerprint density at radius 2 is 2.17 bits per heavy atom. The zero-order valence-electron chi connectivity index (χ0n) is 10.6. The Hall–Kier alpha value is -2.17. The first kappa shape index (κ1) is 12.3. The molecule has 0 amide bonds. The highest BCUT2D eigenvalue weighted by Crippen LogP contribution is 2.09. The molecule has 0 unspecified atom stereocenters. The third kappa shape index (κ3) is 3.41. The smallest absolute Gasteiger partial charge is 0.147 e. The molecular weight excluding hydrogens is 228 g/mol. The molecule has 0 atom stereocenters. The fraction of sp³-hybridized carbons (Fsp3) is 0.308. The summed E-state index contributed by atoms with van der Waals surface area (Å²) in [6.07, 6.45) is 5.17. The van der Waals surface area contributed by atoms with Crippen LogP contribution in [-0.4, -0.2) is 28.1 Å². The van der Waals surface area contributed by atoms with Crippen LogP contribution in [0.5, 0.6) is 5.75 Å². The van der Waals surface area contributed by atoms with Crippen LogP contribution in [0.15, 0.2) is 30.7 Å². The predicted molar refractivity (Wildman–Crippen MR) is 69.7 cm³/mol. The molecule has 2 heterocycles. The topological polar surface area (TPSA) is 59.9 Å². The van der Waals surface area contributed by atoms with Crippen molar-refractivity contribution in [2.75, 3.05) is 18.5 Å². The second kappa shape index (κ2) is 5.95. The Labute approximate surface area is 106 Å². The molecule has 0 radical (unpaired) electrons. The lowest BCUT2D eigenvalue weighted by Crippen LogP contribution is -2.14. The Morgan fingerprint density at radius 3 is 2.94 bits per heavy atom. The van der Waals surface area contributed by atoms with E-state index >= 15 is 0 Å². The SMILES string of the molecule is Cc1cnc(C)c(NCCOc2cccnc2)n1. The van der Waals surface area contributed by atoms with Gasteiger partial charge >= 0.3 is 0 Å². The first-order chi connectivity index (χ1) is 8.75. The van der Waals surface area contributed by atoms with Gasteiger partial charge in [0, 0.05) is 12.4 Å². The molecule has 1 N–H and O–H groups in total. The Balaban J connectivity index is 1.80. The molecule has 2 aromatic heterocycles. The van der Waals surface area contributed by atoms with E-state index in [0.29, 0.717) is 13.2 Å². The molecule has 2 aromatic rings. The minimum atomic E-state index is 0.556. The fourth-order valence-electron chi connectivity index (χ4n) is 1.48. The summed E-state index contributed by atoms with van der Waals surface area (Å²) in [6.45, 7) is 5.08. The third-order valence-electron chi connectivity index (χ3n) is 2.37. The number of hydrogen-bond acceptors (Lipinski definition) is 5. The van der Waals surface area contributed by atoms with Crippen molar-refractivity contribution in [3.05, 3.63) is 42.1 Å². The summed E-state index contributed by atoms with van der Waals surface area (Å²) in [5.41, 5.74) is 1.79. The van der Waals surface area contributed by atoms with E-state index in [4.69, 9.17) is 4.74 Å². The van der Waals surface area contributed by atoms with Crippen molar-refractivity contribution < 1.29 is 4.74 Å². The number of nitrogens with one attached hydrogen (secondary N) is 1. The van der Waals surface area contributed by atoms with Crippen molar-refractivity contribution >= 4 is 5.82 Å². The number of nitrogens with zero attached hydrogens (tertiary/aromatic N) is 3. The number of pyridine rings is 1. The summed E-state index contributed by atoms with van der Waals surface area (Å²) >= 11 is 0. The van der Waals surface area contributed by atoms with E-state index in [9.17, 15) is 0 Å². The van der Waals surface area contributed by atoms with Crippen LogP contribution in [0.1, 0.15) is 11.4 Å². The molecule has 0 aliphatic carbocycles. The van der Waals surface area contributed by atoms with Crippen molar-refractivity contribution in [1.82, 2.24) is 15.0 Å². The number of rotatable bonds is 5. The standard InChI is InChI=1S/C13H16N4O/c1-10-8-16-11(2)13(17-10)15-6-7-18-12-4-3-5-14-9-12/h3-5,8-9H,6-7H2,1-2H3,(H,15,17). The zero-order chi connectivity index (χ0) is 12.8. The van der Waals surface area contributed by atoms with Crippen molar-refractivity contribution in [3.63, 3.8) is 0 Å². The average molecular weight is 244 g/mol. The van der Waals surface area contributed by atoms with Gasteiger partial charge in [-0.05, 0) is 26.0 Å². The minimum absolute atomic E-state index is 0.556. The molecule has 2 rings (SSSR count). The molecule has 0 bridgehead atoms. The summed E-state index contributed by atoms with van der Waals surface area (Å²) in [5.74, 6) is 1.58. The quantitative estimate of drug-likeness (QED) is 0.815. The van der Waals surface area contributed by atoms with Crippen molar-refractivity contribution in [1.29, 1.82) is 0 Å².